The normalized spacial score (nSPS) is 19.0. The van der Waals surface area contributed by atoms with E-state index in [2.05, 4.69) is 11.1 Å². The maximum absolute atomic E-state index is 6.51. The third-order valence-electron chi connectivity index (χ3n) is 4.01. The zero-order valence-electron chi connectivity index (χ0n) is 11.5. The average Bonchev–Trinajstić information content (AvgIpc) is 2.46. The summed E-state index contributed by atoms with van der Waals surface area (Å²) in [6, 6.07) is 9.88. The SMILES string of the molecule is Cc1ccnc(N)c1C(N)C1CCOc2ccccc21. The Bertz CT molecular complexity index is 607. The summed E-state index contributed by atoms with van der Waals surface area (Å²) in [5.74, 6) is 1.67. The summed E-state index contributed by atoms with van der Waals surface area (Å²) in [7, 11) is 0. The van der Waals surface area contributed by atoms with Gasteiger partial charge >= 0.3 is 0 Å². The van der Waals surface area contributed by atoms with Gasteiger partial charge in [-0.3, -0.25) is 0 Å². The molecule has 4 heteroatoms. The van der Waals surface area contributed by atoms with Gasteiger partial charge < -0.3 is 16.2 Å². The van der Waals surface area contributed by atoms with E-state index in [0.29, 0.717) is 12.4 Å². The van der Waals surface area contributed by atoms with E-state index in [4.69, 9.17) is 16.2 Å². The van der Waals surface area contributed by atoms with Crippen LogP contribution in [0.15, 0.2) is 36.5 Å². The van der Waals surface area contributed by atoms with Crippen molar-refractivity contribution in [3.63, 3.8) is 0 Å². The highest BCUT2D eigenvalue weighted by molar-refractivity contribution is 5.49. The molecule has 1 aromatic carbocycles. The fourth-order valence-electron chi connectivity index (χ4n) is 2.97. The van der Waals surface area contributed by atoms with Crippen LogP contribution in [0.1, 0.15) is 35.1 Å². The van der Waals surface area contributed by atoms with Gasteiger partial charge in [-0.2, -0.15) is 0 Å². The molecule has 4 nitrogen and oxygen atoms in total. The maximum atomic E-state index is 6.51. The number of hydrogen-bond acceptors (Lipinski definition) is 4. The first-order valence-corrected chi connectivity index (χ1v) is 6.86. The molecule has 0 saturated heterocycles. The highest BCUT2D eigenvalue weighted by Gasteiger charge is 2.29. The maximum Gasteiger partial charge on any atom is 0.128 e. The Balaban J connectivity index is 2.02. The molecule has 0 aliphatic carbocycles. The van der Waals surface area contributed by atoms with Crippen LogP contribution in [-0.2, 0) is 0 Å². The van der Waals surface area contributed by atoms with Crippen LogP contribution in [0.4, 0.5) is 5.82 Å². The van der Waals surface area contributed by atoms with Crippen LogP contribution in [-0.4, -0.2) is 11.6 Å². The molecule has 2 heterocycles. The van der Waals surface area contributed by atoms with Gasteiger partial charge in [0.15, 0.2) is 0 Å². The fraction of sp³-hybridized carbons (Fsp3) is 0.312. The van der Waals surface area contributed by atoms with Crippen LogP contribution in [0.3, 0.4) is 0 Å². The number of hydrogen-bond donors (Lipinski definition) is 2. The monoisotopic (exact) mass is 269 g/mol. The lowest BCUT2D eigenvalue weighted by Gasteiger charge is -2.31. The van der Waals surface area contributed by atoms with E-state index in [1.807, 2.05) is 31.2 Å². The summed E-state index contributed by atoms with van der Waals surface area (Å²) in [5.41, 5.74) is 15.7. The number of anilines is 1. The van der Waals surface area contributed by atoms with E-state index in [9.17, 15) is 0 Å². The van der Waals surface area contributed by atoms with E-state index >= 15 is 0 Å². The number of rotatable bonds is 2. The first kappa shape index (κ1) is 12.9. The number of ether oxygens (including phenoxy) is 1. The first-order chi connectivity index (χ1) is 9.68. The van der Waals surface area contributed by atoms with Gasteiger partial charge in [0, 0.05) is 23.7 Å². The van der Waals surface area contributed by atoms with Crippen molar-refractivity contribution < 1.29 is 4.74 Å². The first-order valence-electron chi connectivity index (χ1n) is 6.86. The van der Waals surface area contributed by atoms with E-state index in [1.165, 1.54) is 0 Å². The van der Waals surface area contributed by atoms with Crippen molar-refractivity contribution in [2.45, 2.75) is 25.3 Å². The number of nitrogens with zero attached hydrogens (tertiary/aromatic N) is 1. The smallest absolute Gasteiger partial charge is 0.128 e. The van der Waals surface area contributed by atoms with Crippen LogP contribution in [0.2, 0.25) is 0 Å². The lowest BCUT2D eigenvalue weighted by atomic mass is 9.82. The van der Waals surface area contributed by atoms with E-state index in [-0.39, 0.29) is 12.0 Å². The topological polar surface area (TPSA) is 74.2 Å². The van der Waals surface area contributed by atoms with Crippen molar-refractivity contribution in [2.24, 2.45) is 5.73 Å². The number of fused-ring (bicyclic) bond motifs is 1. The largest absolute Gasteiger partial charge is 0.493 e. The molecule has 0 spiro atoms. The number of benzene rings is 1. The molecule has 1 aliphatic heterocycles. The number of pyridine rings is 1. The van der Waals surface area contributed by atoms with Crippen LogP contribution >= 0.6 is 0 Å². The van der Waals surface area contributed by atoms with Crippen LogP contribution in [0.25, 0.3) is 0 Å². The molecule has 0 amide bonds. The van der Waals surface area contributed by atoms with Crippen LogP contribution in [0, 0.1) is 6.92 Å². The third kappa shape index (κ3) is 2.12. The molecular weight excluding hydrogens is 250 g/mol. The minimum atomic E-state index is -0.159. The van der Waals surface area contributed by atoms with Gasteiger partial charge in [-0.15, -0.1) is 0 Å². The molecule has 3 rings (SSSR count). The quantitative estimate of drug-likeness (QED) is 0.878. The molecule has 2 aromatic rings. The van der Waals surface area contributed by atoms with Gasteiger partial charge in [0.2, 0.25) is 0 Å². The summed E-state index contributed by atoms with van der Waals surface area (Å²) in [4.78, 5) is 4.18. The molecule has 2 unspecified atom stereocenters. The number of nitrogens with two attached hydrogens (primary N) is 2. The second-order valence-corrected chi connectivity index (χ2v) is 5.23. The lowest BCUT2D eigenvalue weighted by Crippen LogP contribution is -2.27. The molecule has 4 N–H and O–H groups in total. The van der Waals surface area contributed by atoms with Crippen molar-refractivity contribution in [1.82, 2.24) is 4.98 Å². The molecule has 1 aliphatic rings. The Kier molecular flexibility index (Phi) is 3.32. The molecule has 20 heavy (non-hydrogen) atoms. The molecule has 0 saturated carbocycles. The zero-order valence-corrected chi connectivity index (χ0v) is 11.5. The van der Waals surface area contributed by atoms with Crippen molar-refractivity contribution >= 4 is 5.82 Å². The van der Waals surface area contributed by atoms with Crippen LogP contribution < -0.4 is 16.2 Å². The third-order valence-corrected chi connectivity index (χ3v) is 4.01. The minimum absolute atomic E-state index is 0.159. The average molecular weight is 269 g/mol. The Morgan fingerprint density at radius 1 is 1.30 bits per heavy atom. The Hall–Kier alpha value is -2.07. The van der Waals surface area contributed by atoms with Gasteiger partial charge in [0.05, 0.1) is 6.61 Å². The summed E-state index contributed by atoms with van der Waals surface area (Å²) in [6.45, 7) is 2.72. The molecule has 104 valence electrons. The van der Waals surface area contributed by atoms with Crippen molar-refractivity contribution in [3.05, 3.63) is 53.2 Å². The molecule has 1 aromatic heterocycles. The number of para-hydroxylation sites is 1. The fourth-order valence-corrected chi connectivity index (χ4v) is 2.97. The highest BCUT2D eigenvalue weighted by Crippen LogP contribution is 2.41. The Morgan fingerprint density at radius 2 is 2.10 bits per heavy atom. The Morgan fingerprint density at radius 3 is 2.90 bits per heavy atom. The lowest BCUT2D eigenvalue weighted by molar-refractivity contribution is 0.255. The molecule has 2 atom stereocenters. The Labute approximate surface area is 118 Å². The van der Waals surface area contributed by atoms with Gasteiger partial charge in [0.25, 0.3) is 0 Å². The predicted octanol–water partition coefficient (Wildman–Crippen LogP) is 2.54. The molecular formula is C16H19N3O. The van der Waals surface area contributed by atoms with Crippen LogP contribution in [0.5, 0.6) is 5.75 Å². The summed E-state index contributed by atoms with van der Waals surface area (Å²) in [5, 5.41) is 0. The van der Waals surface area contributed by atoms with E-state index in [0.717, 1.165) is 28.9 Å². The standard InChI is InChI=1S/C16H19N3O/c1-10-6-8-19-16(18)14(10)15(17)12-7-9-20-13-5-3-2-4-11(12)13/h2-6,8,12,15H,7,9,17H2,1H3,(H2,18,19). The summed E-state index contributed by atoms with van der Waals surface area (Å²) in [6.07, 6.45) is 2.62. The van der Waals surface area contributed by atoms with E-state index < -0.39 is 0 Å². The second-order valence-electron chi connectivity index (χ2n) is 5.23. The molecule has 0 bridgehead atoms. The van der Waals surface area contributed by atoms with Gasteiger partial charge in [-0.1, -0.05) is 18.2 Å². The molecule has 0 radical (unpaired) electrons. The van der Waals surface area contributed by atoms with Gasteiger partial charge in [0.1, 0.15) is 11.6 Å². The second kappa shape index (κ2) is 5.13. The predicted molar refractivity (Wildman–Crippen MR) is 79.6 cm³/mol. The van der Waals surface area contributed by atoms with Gasteiger partial charge in [-0.25, -0.2) is 4.98 Å². The van der Waals surface area contributed by atoms with E-state index in [1.54, 1.807) is 6.20 Å². The van der Waals surface area contributed by atoms with Crippen molar-refractivity contribution in [2.75, 3.05) is 12.3 Å². The molecule has 0 fully saturated rings. The summed E-state index contributed by atoms with van der Waals surface area (Å²) < 4.78 is 5.70. The minimum Gasteiger partial charge on any atom is -0.493 e. The highest BCUT2D eigenvalue weighted by atomic mass is 16.5. The summed E-state index contributed by atoms with van der Waals surface area (Å²) >= 11 is 0. The number of aryl methyl sites for hydroxylation is 1. The van der Waals surface area contributed by atoms with Crippen molar-refractivity contribution in [3.8, 4) is 5.75 Å². The van der Waals surface area contributed by atoms with Crippen molar-refractivity contribution in [1.29, 1.82) is 0 Å². The number of nitrogen functional groups attached to an aromatic ring is 1. The zero-order chi connectivity index (χ0) is 14.1. The number of aromatic nitrogens is 1. The van der Waals surface area contributed by atoms with Gasteiger partial charge in [-0.05, 0) is 36.6 Å².